The smallest absolute Gasteiger partial charge is 0.482 e. The number of nitrogens with one attached hydrogen (secondary N) is 1. The second kappa shape index (κ2) is 11.0. The maximum atomic E-state index is 13.1. The summed E-state index contributed by atoms with van der Waals surface area (Å²) < 4.78 is 24.6. The lowest BCUT2D eigenvalue weighted by atomic mass is 9.43. The highest BCUT2D eigenvalue weighted by Gasteiger charge is 2.68. The molecule has 5 atom stereocenters. The number of nitrogens with zero attached hydrogens (tertiary/aromatic N) is 1. The standard InChI is InChI=1S/C30H45BN2O7/c1-28(2,3)38-27(36)20-12-10-11-18(26(20)37-9)15-23(32-24(34)13-14-25(35)33(7)8)31-39-22-17-19-16-21(29(19,4)5)30(22,6)40-31/h10-12,19,21-23H,13-17H2,1-9H3,(H,32,34). The van der Waals surface area contributed by atoms with Gasteiger partial charge in [-0.25, -0.2) is 4.79 Å². The molecule has 1 aromatic carbocycles. The zero-order chi connectivity index (χ0) is 29.6. The summed E-state index contributed by atoms with van der Waals surface area (Å²) in [5.74, 6) is -0.0766. The Morgan fingerprint density at radius 2 is 1.85 bits per heavy atom. The number of esters is 1. The lowest BCUT2D eigenvalue weighted by Gasteiger charge is -2.64. The van der Waals surface area contributed by atoms with Crippen LogP contribution in [0.5, 0.6) is 5.75 Å². The van der Waals surface area contributed by atoms with Crippen molar-refractivity contribution < 1.29 is 33.2 Å². The lowest BCUT2D eigenvalue weighted by Crippen LogP contribution is -2.65. The van der Waals surface area contributed by atoms with E-state index < -0.39 is 30.2 Å². The van der Waals surface area contributed by atoms with Gasteiger partial charge in [-0.05, 0) is 75.8 Å². The average Bonchev–Trinajstić information content (AvgIpc) is 3.22. The van der Waals surface area contributed by atoms with E-state index in [2.05, 4.69) is 26.1 Å². The fourth-order valence-corrected chi connectivity index (χ4v) is 6.73. The van der Waals surface area contributed by atoms with Crippen molar-refractivity contribution in [1.29, 1.82) is 0 Å². The van der Waals surface area contributed by atoms with Gasteiger partial charge in [0.05, 0.1) is 24.8 Å². The number of ether oxygens (including phenoxy) is 2. The Morgan fingerprint density at radius 3 is 2.45 bits per heavy atom. The average molecular weight is 557 g/mol. The minimum absolute atomic E-state index is 0.0493. The maximum Gasteiger partial charge on any atom is 0.482 e. The predicted octanol–water partition coefficient (Wildman–Crippen LogP) is 3.81. The van der Waals surface area contributed by atoms with Gasteiger partial charge in [0.15, 0.2) is 0 Å². The SMILES string of the molecule is COc1c(CC(NC(=O)CCC(=O)N(C)C)B2OC3CC4CC(C4(C)C)C3(C)O2)cccc1C(=O)OC(C)(C)C. The molecule has 1 saturated heterocycles. The molecule has 9 nitrogen and oxygen atoms in total. The van der Waals surface area contributed by atoms with Crippen LogP contribution in [0.4, 0.5) is 0 Å². The number of benzene rings is 1. The molecule has 0 spiro atoms. The second-order valence-corrected chi connectivity index (χ2v) is 13.5. The van der Waals surface area contributed by atoms with E-state index in [-0.39, 0.29) is 36.2 Å². The monoisotopic (exact) mass is 556 g/mol. The Hall–Kier alpha value is -2.59. The molecule has 4 aliphatic rings. The van der Waals surface area contributed by atoms with E-state index >= 15 is 0 Å². The molecule has 1 N–H and O–H groups in total. The fourth-order valence-electron chi connectivity index (χ4n) is 6.73. The first-order valence-electron chi connectivity index (χ1n) is 14.3. The minimum atomic E-state index is -0.687. The predicted molar refractivity (Wildman–Crippen MR) is 152 cm³/mol. The Kier molecular flexibility index (Phi) is 8.36. The summed E-state index contributed by atoms with van der Waals surface area (Å²) >= 11 is 0. The van der Waals surface area contributed by atoms with Crippen molar-refractivity contribution in [3.8, 4) is 5.75 Å². The summed E-state index contributed by atoms with van der Waals surface area (Å²) in [4.78, 5) is 39.6. The summed E-state index contributed by atoms with van der Waals surface area (Å²) in [5, 5.41) is 3.08. The van der Waals surface area contributed by atoms with Crippen LogP contribution in [-0.2, 0) is 30.1 Å². The van der Waals surface area contributed by atoms with Crippen molar-refractivity contribution in [2.75, 3.05) is 21.2 Å². The van der Waals surface area contributed by atoms with Gasteiger partial charge < -0.3 is 29.0 Å². The fraction of sp³-hybridized carbons (Fsp3) is 0.700. The van der Waals surface area contributed by atoms with Gasteiger partial charge in [0, 0.05) is 26.9 Å². The normalized spacial score (nSPS) is 27.2. The highest BCUT2D eigenvalue weighted by Crippen LogP contribution is 2.65. The van der Waals surface area contributed by atoms with E-state index in [1.165, 1.54) is 12.0 Å². The number of para-hydroxylation sites is 1. The number of hydrogen-bond acceptors (Lipinski definition) is 7. The molecule has 1 heterocycles. The third-order valence-electron chi connectivity index (χ3n) is 9.07. The Bertz CT molecular complexity index is 1150. The molecule has 0 radical (unpaired) electrons. The summed E-state index contributed by atoms with van der Waals surface area (Å²) in [7, 11) is 4.17. The number of rotatable bonds is 9. The highest BCUT2D eigenvalue weighted by molar-refractivity contribution is 6.48. The largest absolute Gasteiger partial charge is 0.496 e. The van der Waals surface area contributed by atoms with Gasteiger partial charge in [-0.2, -0.15) is 0 Å². The molecule has 1 aliphatic heterocycles. The molecule has 10 heteroatoms. The number of methoxy groups -OCH3 is 1. The van der Waals surface area contributed by atoms with Crippen molar-refractivity contribution in [3.63, 3.8) is 0 Å². The summed E-state index contributed by atoms with van der Waals surface area (Å²) in [5.41, 5.74) is 0.102. The van der Waals surface area contributed by atoms with Crippen molar-refractivity contribution in [2.24, 2.45) is 17.3 Å². The van der Waals surface area contributed by atoms with Crippen LogP contribution in [0.2, 0.25) is 0 Å². The number of carbonyl (C=O) groups is 3. The van der Waals surface area contributed by atoms with Crippen LogP contribution in [0, 0.1) is 17.3 Å². The van der Waals surface area contributed by atoms with E-state index in [1.807, 2.05) is 26.8 Å². The minimum Gasteiger partial charge on any atom is -0.496 e. The lowest BCUT2D eigenvalue weighted by molar-refractivity contribution is -0.199. The first-order chi connectivity index (χ1) is 18.6. The topological polar surface area (TPSA) is 103 Å². The van der Waals surface area contributed by atoms with Crippen LogP contribution in [-0.4, -0.2) is 74.3 Å². The van der Waals surface area contributed by atoms with Crippen molar-refractivity contribution >= 4 is 24.9 Å². The van der Waals surface area contributed by atoms with Gasteiger partial charge in [0.25, 0.3) is 0 Å². The molecule has 1 aromatic rings. The maximum absolute atomic E-state index is 13.1. The van der Waals surface area contributed by atoms with Gasteiger partial charge >= 0.3 is 13.1 Å². The van der Waals surface area contributed by atoms with Gasteiger partial charge in [-0.1, -0.05) is 26.0 Å². The van der Waals surface area contributed by atoms with Gasteiger partial charge in [0.1, 0.15) is 16.9 Å². The van der Waals surface area contributed by atoms with E-state index in [0.717, 1.165) is 18.4 Å². The van der Waals surface area contributed by atoms with Crippen LogP contribution < -0.4 is 10.1 Å². The highest BCUT2D eigenvalue weighted by atomic mass is 16.7. The second-order valence-electron chi connectivity index (χ2n) is 13.5. The third kappa shape index (κ3) is 5.89. The number of amides is 2. The first kappa shape index (κ1) is 30.4. The van der Waals surface area contributed by atoms with Crippen molar-refractivity contribution in [3.05, 3.63) is 29.3 Å². The zero-order valence-corrected chi connectivity index (χ0v) is 25.5. The zero-order valence-electron chi connectivity index (χ0n) is 25.5. The Morgan fingerprint density at radius 1 is 1.15 bits per heavy atom. The third-order valence-corrected chi connectivity index (χ3v) is 9.07. The molecule has 5 rings (SSSR count). The first-order valence-corrected chi connectivity index (χ1v) is 14.3. The molecule has 4 fully saturated rings. The summed E-state index contributed by atoms with van der Waals surface area (Å²) in [6.07, 6.45) is 2.44. The van der Waals surface area contributed by atoms with Crippen LogP contribution in [0.25, 0.3) is 0 Å². The Balaban J connectivity index is 1.59. The molecule has 220 valence electrons. The van der Waals surface area contributed by atoms with E-state index in [4.69, 9.17) is 18.8 Å². The van der Waals surface area contributed by atoms with Crippen LogP contribution in [0.15, 0.2) is 18.2 Å². The summed E-state index contributed by atoms with van der Waals surface area (Å²) in [6, 6.07) is 5.32. The molecule has 40 heavy (non-hydrogen) atoms. The molecule has 2 amide bonds. The van der Waals surface area contributed by atoms with Gasteiger partial charge in [-0.15, -0.1) is 0 Å². The quantitative estimate of drug-likeness (QED) is 0.365. The molecular formula is C30H45BN2O7. The molecular weight excluding hydrogens is 511 g/mol. The molecule has 2 bridgehead atoms. The molecule has 3 aliphatic carbocycles. The van der Waals surface area contributed by atoms with E-state index in [0.29, 0.717) is 29.6 Å². The Labute approximate surface area is 238 Å². The van der Waals surface area contributed by atoms with Gasteiger partial charge in [0.2, 0.25) is 11.8 Å². The molecule has 0 aromatic heterocycles. The molecule has 3 saturated carbocycles. The molecule has 5 unspecified atom stereocenters. The van der Waals surface area contributed by atoms with Crippen molar-refractivity contribution in [1.82, 2.24) is 10.2 Å². The van der Waals surface area contributed by atoms with Crippen LogP contribution >= 0.6 is 0 Å². The van der Waals surface area contributed by atoms with E-state index in [1.54, 1.807) is 26.2 Å². The van der Waals surface area contributed by atoms with Crippen LogP contribution in [0.3, 0.4) is 0 Å². The van der Waals surface area contributed by atoms with Crippen LogP contribution in [0.1, 0.15) is 83.1 Å². The van der Waals surface area contributed by atoms with E-state index in [9.17, 15) is 14.4 Å². The van der Waals surface area contributed by atoms with Crippen molar-refractivity contribution in [2.45, 2.75) is 96.9 Å². The van der Waals surface area contributed by atoms with Gasteiger partial charge in [-0.3, -0.25) is 9.59 Å². The summed E-state index contributed by atoms with van der Waals surface area (Å²) in [6.45, 7) is 12.2. The number of hydrogen-bond donors (Lipinski definition) is 1. The number of carbonyl (C=O) groups excluding carboxylic acids is 3.